The predicted octanol–water partition coefficient (Wildman–Crippen LogP) is 0.956. The maximum atomic E-state index is 11.1. The van der Waals surface area contributed by atoms with Crippen molar-refractivity contribution in [2.75, 3.05) is 19.7 Å². The largest absolute Gasteiger partial charge is 0.448 e. The Hall–Kier alpha value is -0.770. The van der Waals surface area contributed by atoms with E-state index in [0.29, 0.717) is 12.6 Å². The van der Waals surface area contributed by atoms with E-state index in [4.69, 9.17) is 10.5 Å². The van der Waals surface area contributed by atoms with E-state index in [2.05, 4.69) is 0 Å². The van der Waals surface area contributed by atoms with Crippen molar-refractivity contribution in [3.8, 4) is 0 Å². The third-order valence-electron chi connectivity index (χ3n) is 3.23. The van der Waals surface area contributed by atoms with Crippen LogP contribution in [-0.2, 0) is 4.74 Å². The molecule has 4 nitrogen and oxygen atoms in total. The second-order valence-corrected chi connectivity index (χ2v) is 4.33. The number of carbonyl (C=O) groups excluding carboxylic acids is 1. The first-order valence-electron chi connectivity index (χ1n) is 5.43. The summed E-state index contributed by atoms with van der Waals surface area (Å²) in [5.41, 5.74) is 5.83. The van der Waals surface area contributed by atoms with E-state index in [1.807, 2.05) is 0 Å². The zero-order valence-electron chi connectivity index (χ0n) is 8.45. The molecule has 0 aromatic heterocycles. The summed E-state index contributed by atoms with van der Waals surface area (Å²) in [6.45, 7) is 2.16. The minimum Gasteiger partial charge on any atom is -0.448 e. The van der Waals surface area contributed by atoms with Gasteiger partial charge >= 0.3 is 6.09 Å². The van der Waals surface area contributed by atoms with Gasteiger partial charge < -0.3 is 15.4 Å². The summed E-state index contributed by atoms with van der Waals surface area (Å²) in [5.74, 6) is 0.721. The van der Waals surface area contributed by atoms with Gasteiger partial charge in [0.25, 0.3) is 0 Å². The lowest BCUT2D eigenvalue weighted by atomic mass is 10.0. The number of cyclic esters (lactones) is 1. The second kappa shape index (κ2) is 4.17. The van der Waals surface area contributed by atoms with Gasteiger partial charge in [-0.1, -0.05) is 0 Å². The average Bonchev–Trinajstić information content (AvgIpc) is 2.72. The lowest BCUT2D eigenvalue weighted by Gasteiger charge is -2.15. The van der Waals surface area contributed by atoms with Gasteiger partial charge in [0.1, 0.15) is 6.61 Å². The summed E-state index contributed by atoms with van der Waals surface area (Å²) in [4.78, 5) is 12.9. The van der Waals surface area contributed by atoms with Crippen LogP contribution in [0.3, 0.4) is 0 Å². The lowest BCUT2D eigenvalue weighted by molar-refractivity contribution is 0.157. The van der Waals surface area contributed by atoms with E-state index < -0.39 is 0 Å². The third-order valence-corrected chi connectivity index (χ3v) is 3.23. The number of hydrogen-bond donors (Lipinski definition) is 1. The Morgan fingerprint density at radius 3 is 2.93 bits per heavy atom. The van der Waals surface area contributed by atoms with Crippen molar-refractivity contribution in [1.29, 1.82) is 0 Å². The molecule has 0 spiro atoms. The third kappa shape index (κ3) is 2.18. The lowest BCUT2D eigenvalue weighted by Crippen LogP contribution is -2.26. The summed E-state index contributed by atoms with van der Waals surface area (Å²) in [5, 5.41) is 0. The molecule has 1 saturated heterocycles. The zero-order valence-corrected chi connectivity index (χ0v) is 8.45. The van der Waals surface area contributed by atoms with Crippen LogP contribution in [0, 0.1) is 5.92 Å². The van der Waals surface area contributed by atoms with Crippen LogP contribution in [0.2, 0.25) is 0 Å². The van der Waals surface area contributed by atoms with Crippen LogP contribution in [-0.4, -0.2) is 36.7 Å². The number of rotatable bonds is 3. The minimum atomic E-state index is -0.146. The highest BCUT2D eigenvalue weighted by molar-refractivity contribution is 5.69. The maximum Gasteiger partial charge on any atom is 0.409 e. The Balaban J connectivity index is 1.69. The molecule has 0 aromatic rings. The molecule has 2 rings (SSSR count). The molecule has 2 aliphatic rings. The maximum absolute atomic E-state index is 11.1. The van der Waals surface area contributed by atoms with E-state index in [9.17, 15) is 4.79 Å². The fourth-order valence-electron chi connectivity index (χ4n) is 2.34. The fraction of sp³-hybridized carbons (Fsp3) is 0.900. The highest BCUT2D eigenvalue weighted by Gasteiger charge is 2.25. The summed E-state index contributed by atoms with van der Waals surface area (Å²) < 4.78 is 4.86. The Morgan fingerprint density at radius 2 is 2.36 bits per heavy atom. The molecule has 80 valence electrons. The van der Waals surface area contributed by atoms with Gasteiger partial charge in [0.05, 0.1) is 6.54 Å². The van der Waals surface area contributed by atoms with Crippen molar-refractivity contribution in [3.63, 3.8) is 0 Å². The first kappa shape index (κ1) is 9.77. The van der Waals surface area contributed by atoms with E-state index in [-0.39, 0.29) is 6.09 Å². The molecule has 1 saturated carbocycles. The SMILES string of the molecule is NC1CCC(CCN2CCOC2=O)C1. The Bertz CT molecular complexity index is 220. The average molecular weight is 198 g/mol. The van der Waals surface area contributed by atoms with Crippen LogP contribution >= 0.6 is 0 Å². The molecule has 2 fully saturated rings. The van der Waals surface area contributed by atoms with Crippen LogP contribution in [0.15, 0.2) is 0 Å². The van der Waals surface area contributed by atoms with Gasteiger partial charge in [-0.3, -0.25) is 0 Å². The number of carbonyl (C=O) groups is 1. The summed E-state index contributed by atoms with van der Waals surface area (Å²) in [6, 6.07) is 0.394. The first-order chi connectivity index (χ1) is 6.75. The molecular formula is C10H18N2O2. The van der Waals surface area contributed by atoms with Crippen molar-refractivity contribution in [2.24, 2.45) is 11.7 Å². The molecule has 2 unspecified atom stereocenters. The molecule has 2 atom stereocenters. The van der Waals surface area contributed by atoms with Crippen molar-refractivity contribution < 1.29 is 9.53 Å². The molecule has 0 radical (unpaired) electrons. The van der Waals surface area contributed by atoms with Crippen molar-refractivity contribution in [2.45, 2.75) is 31.7 Å². The van der Waals surface area contributed by atoms with Crippen molar-refractivity contribution in [3.05, 3.63) is 0 Å². The van der Waals surface area contributed by atoms with Crippen LogP contribution in [0.25, 0.3) is 0 Å². The Kier molecular flexibility index (Phi) is 2.91. The Morgan fingerprint density at radius 1 is 1.50 bits per heavy atom. The van der Waals surface area contributed by atoms with Gasteiger partial charge in [0.15, 0.2) is 0 Å². The van der Waals surface area contributed by atoms with Crippen LogP contribution in [0.4, 0.5) is 4.79 Å². The van der Waals surface area contributed by atoms with Crippen LogP contribution in [0.5, 0.6) is 0 Å². The van der Waals surface area contributed by atoms with Gasteiger partial charge in [-0.05, 0) is 31.6 Å². The summed E-state index contributed by atoms with van der Waals surface area (Å²) in [6.07, 6.45) is 4.44. The van der Waals surface area contributed by atoms with Crippen molar-refractivity contribution >= 4 is 6.09 Å². The monoisotopic (exact) mass is 198 g/mol. The molecule has 0 aromatic carbocycles. The standard InChI is InChI=1S/C10H18N2O2/c11-9-2-1-8(7-9)3-4-12-5-6-14-10(12)13/h8-9H,1-7,11H2. The highest BCUT2D eigenvalue weighted by atomic mass is 16.6. The number of nitrogens with zero attached hydrogens (tertiary/aromatic N) is 1. The molecule has 4 heteroatoms. The zero-order chi connectivity index (χ0) is 9.97. The highest BCUT2D eigenvalue weighted by Crippen LogP contribution is 2.27. The van der Waals surface area contributed by atoms with Crippen LogP contribution < -0.4 is 5.73 Å². The van der Waals surface area contributed by atoms with E-state index in [0.717, 1.165) is 38.3 Å². The van der Waals surface area contributed by atoms with Gasteiger partial charge in [0.2, 0.25) is 0 Å². The molecule has 14 heavy (non-hydrogen) atoms. The van der Waals surface area contributed by atoms with E-state index in [1.54, 1.807) is 4.90 Å². The first-order valence-corrected chi connectivity index (χ1v) is 5.43. The fourth-order valence-corrected chi connectivity index (χ4v) is 2.34. The normalized spacial score (nSPS) is 32.4. The smallest absolute Gasteiger partial charge is 0.409 e. The van der Waals surface area contributed by atoms with Crippen molar-refractivity contribution in [1.82, 2.24) is 4.90 Å². The summed E-state index contributed by atoms with van der Waals surface area (Å²) >= 11 is 0. The quantitative estimate of drug-likeness (QED) is 0.734. The molecule has 1 aliphatic heterocycles. The molecule has 1 heterocycles. The van der Waals surface area contributed by atoms with Gasteiger partial charge in [0, 0.05) is 12.6 Å². The number of nitrogens with two attached hydrogens (primary N) is 1. The Labute approximate surface area is 84.4 Å². The predicted molar refractivity (Wildman–Crippen MR) is 52.9 cm³/mol. The van der Waals surface area contributed by atoms with Gasteiger partial charge in [-0.25, -0.2) is 4.79 Å². The van der Waals surface area contributed by atoms with Crippen LogP contribution in [0.1, 0.15) is 25.7 Å². The van der Waals surface area contributed by atoms with E-state index in [1.165, 1.54) is 6.42 Å². The van der Waals surface area contributed by atoms with Gasteiger partial charge in [-0.15, -0.1) is 0 Å². The molecule has 1 amide bonds. The molecule has 2 N–H and O–H groups in total. The molecular weight excluding hydrogens is 180 g/mol. The topological polar surface area (TPSA) is 55.6 Å². The number of ether oxygens (including phenoxy) is 1. The second-order valence-electron chi connectivity index (χ2n) is 4.33. The minimum absolute atomic E-state index is 0.146. The van der Waals surface area contributed by atoms with E-state index >= 15 is 0 Å². The number of hydrogen-bond acceptors (Lipinski definition) is 3. The molecule has 0 bridgehead atoms. The molecule has 1 aliphatic carbocycles. The summed E-state index contributed by atoms with van der Waals surface area (Å²) in [7, 11) is 0. The number of amides is 1. The van der Waals surface area contributed by atoms with Gasteiger partial charge in [-0.2, -0.15) is 0 Å².